The molecule has 1 aromatic rings. The van der Waals surface area contributed by atoms with E-state index >= 15 is 0 Å². The van der Waals surface area contributed by atoms with Crippen molar-refractivity contribution >= 4 is 30.0 Å². The molecule has 2 fully saturated rings. The van der Waals surface area contributed by atoms with Crippen molar-refractivity contribution in [2.24, 2.45) is 5.92 Å². The Balaban J connectivity index is 0.00000225. The Morgan fingerprint density at radius 3 is 2.48 bits per heavy atom. The number of carboxylic acid groups (broad SMARTS) is 1. The van der Waals surface area contributed by atoms with E-state index in [0.29, 0.717) is 6.04 Å². The molecule has 1 atom stereocenters. The van der Waals surface area contributed by atoms with Crippen LogP contribution >= 0.6 is 12.4 Å². The fourth-order valence-corrected chi connectivity index (χ4v) is 3.45. The summed E-state index contributed by atoms with van der Waals surface area (Å²) in [4.78, 5) is 27.0. The lowest BCUT2D eigenvalue weighted by Gasteiger charge is -2.31. The maximum Gasteiger partial charge on any atom is 0.308 e. The summed E-state index contributed by atoms with van der Waals surface area (Å²) < 4.78 is 5.40. The fraction of sp³-hybridized carbons (Fsp3) is 0.556. The van der Waals surface area contributed by atoms with Crippen LogP contribution in [0, 0.1) is 5.92 Å². The molecule has 2 aliphatic rings. The van der Waals surface area contributed by atoms with Gasteiger partial charge < -0.3 is 14.7 Å². The summed E-state index contributed by atoms with van der Waals surface area (Å²) in [6.45, 7) is 2.78. The molecule has 7 heteroatoms. The van der Waals surface area contributed by atoms with Gasteiger partial charge in [0.15, 0.2) is 0 Å². The van der Waals surface area contributed by atoms with E-state index in [4.69, 9.17) is 9.84 Å². The van der Waals surface area contributed by atoms with E-state index in [1.165, 1.54) is 5.56 Å². The van der Waals surface area contributed by atoms with Gasteiger partial charge in [0.05, 0.1) is 5.92 Å². The summed E-state index contributed by atoms with van der Waals surface area (Å²) in [5, 5.41) is 9.07. The van der Waals surface area contributed by atoms with Crippen LogP contribution in [-0.4, -0.2) is 54.7 Å². The molecule has 0 radical (unpaired) electrons. The topological polar surface area (TPSA) is 70.1 Å². The minimum Gasteiger partial charge on any atom is -0.481 e. The molecule has 1 aromatic carbocycles. The van der Waals surface area contributed by atoms with E-state index in [9.17, 15) is 9.59 Å². The van der Waals surface area contributed by atoms with Crippen LogP contribution in [0.2, 0.25) is 0 Å². The summed E-state index contributed by atoms with van der Waals surface area (Å²) in [6.07, 6.45) is 2.21. The lowest BCUT2D eigenvalue weighted by Crippen LogP contribution is -2.36. The third-order valence-electron chi connectivity index (χ3n) is 4.97. The molecule has 6 nitrogen and oxygen atoms in total. The van der Waals surface area contributed by atoms with E-state index in [-0.39, 0.29) is 31.3 Å². The zero-order chi connectivity index (χ0) is 17.1. The smallest absolute Gasteiger partial charge is 0.308 e. The average Bonchev–Trinajstić information content (AvgIpc) is 2.98. The third-order valence-corrected chi connectivity index (χ3v) is 4.97. The zero-order valence-electron chi connectivity index (χ0n) is 14.4. The number of rotatable bonds is 5. The molecular weight excluding hydrogens is 344 g/mol. The first-order valence-electron chi connectivity index (χ1n) is 8.44. The number of nitrogens with zero attached hydrogens (tertiary/aromatic N) is 2. The molecule has 3 rings (SSSR count). The molecule has 0 bridgehead atoms. The molecular formula is C18H25ClN2O4. The maximum absolute atomic E-state index is 12.0. The molecule has 2 saturated heterocycles. The first-order chi connectivity index (χ1) is 11.5. The van der Waals surface area contributed by atoms with Gasteiger partial charge >= 0.3 is 5.97 Å². The lowest BCUT2D eigenvalue weighted by atomic mass is 10.1. The summed E-state index contributed by atoms with van der Waals surface area (Å²) in [5.41, 5.74) is 1.97. The number of hydrogen-bond acceptors (Lipinski definition) is 4. The molecule has 0 aliphatic carbocycles. The number of ether oxygens (including phenoxy) is 1. The van der Waals surface area contributed by atoms with Crippen LogP contribution in [-0.2, 0) is 20.9 Å². The molecule has 2 aliphatic heterocycles. The van der Waals surface area contributed by atoms with Gasteiger partial charge in [0.2, 0.25) is 5.91 Å². The van der Waals surface area contributed by atoms with Crippen LogP contribution in [0.15, 0.2) is 24.3 Å². The van der Waals surface area contributed by atoms with E-state index in [2.05, 4.69) is 11.9 Å². The molecule has 0 aromatic heterocycles. The number of carboxylic acids is 1. The van der Waals surface area contributed by atoms with Crippen molar-refractivity contribution in [2.75, 3.05) is 31.7 Å². The summed E-state index contributed by atoms with van der Waals surface area (Å²) in [6, 6.07) is 8.42. The molecule has 2 heterocycles. The average molecular weight is 369 g/mol. The van der Waals surface area contributed by atoms with Crippen molar-refractivity contribution in [1.82, 2.24) is 4.90 Å². The van der Waals surface area contributed by atoms with Crippen molar-refractivity contribution < 1.29 is 19.4 Å². The second-order valence-corrected chi connectivity index (χ2v) is 6.67. The van der Waals surface area contributed by atoms with Crippen LogP contribution in [0.1, 0.15) is 24.8 Å². The highest BCUT2D eigenvalue weighted by molar-refractivity contribution is 5.99. The Labute approximate surface area is 154 Å². The molecule has 138 valence electrons. The highest BCUT2D eigenvalue weighted by Gasteiger charge is 2.34. The number of benzene rings is 1. The predicted octanol–water partition coefficient (Wildman–Crippen LogP) is 2.16. The number of halogens is 1. The Hall–Kier alpha value is -1.63. The first-order valence-corrected chi connectivity index (χ1v) is 8.44. The van der Waals surface area contributed by atoms with E-state index < -0.39 is 11.9 Å². The van der Waals surface area contributed by atoms with Crippen molar-refractivity contribution in [3.05, 3.63) is 29.8 Å². The number of carbonyl (C=O) groups excluding carboxylic acids is 1. The lowest BCUT2D eigenvalue weighted by molar-refractivity contribution is -0.141. The predicted molar refractivity (Wildman–Crippen MR) is 97.1 cm³/mol. The highest BCUT2D eigenvalue weighted by atomic mass is 35.5. The SMILES string of the molecule is CN(Cc1ccc(N2C[C@@H](C(=O)O)CC2=O)cc1)C1CCOCC1.Cl. The van der Waals surface area contributed by atoms with Crippen LogP contribution in [0.5, 0.6) is 0 Å². The number of amides is 1. The minimum atomic E-state index is -0.902. The summed E-state index contributed by atoms with van der Waals surface area (Å²) in [5.74, 6) is -1.62. The third kappa shape index (κ3) is 4.71. The van der Waals surface area contributed by atoms with E-state index in [1.54, 1.807) is 4.90 Å². The molecule has 0 unspecified atom stereocenters. The van der Waals surface area contributed by atoms with Crippen molar-refractivity contribution in [3.63, 3.8) is 0 Å². The van der Waals surface area contributed by atoms with Gasteiger partial charge in [-0.15, -0.1) is 12.4 Å². The summed E-state index contributed by atoms with van der Waals surface area (Å²) >= 11 is 0. The van der Waals surface area contributed by atoms with E-state index in [1.807, 2.05) is 24.3 Å². The Kier molecular flexibility index (Phi) is 6.81. The zero-order valence-corrected chi connectivity index (χ0v) is 15.2. The van der Waals surface area contributed by atoms with Crippen molar-refractivity contribution in [3.8, 4) is 0 Å². The van der Waals surface area contributed by atoms with Gasteiger partial charge in [-0.1, -0.05) is 12.1 Å². The van der Waals surface area contributed by atoms with Gasteiger partial charge in [0.1, 0.15) is 0 Å². The van der Waals surface area contributed by atoms with Gasteiger partial charge in [0, 0.05) is 44.5 Å². The second-order valence-electron chi connectivity index (χ2n) is 6.67. The van der Waals surface area contributed by atoms with Crippen molar-refractivity contribution in [1.29, 1.82) is 0 Å². The largest absolute Gasteiger partial charge is 0.481 e. The Bertz CT molecular complexity index is 602. The monoisotopic (exact) mass is 368 g/mol. The summed E-state index contributed by atoms with van der Waals surface area (Å²) in [7, 11) is 2.13. The number of aliphatic carboxylic acids is 1. The van der Waals surface area contributed by atoms with Gasteiger partial charge in [-0.2, -0.15) is 0 Å². The standard InChI is InChI=1S/C18H24N2O4.ClH/c1-19(15-6-8-24-9-7-15)11-13-2-4-16(5-3-13)20-12-14(18(22)23)10-17(20)21;/h2-5,14-15H,6-12H2,1H3,(H,22,23);1H/t14-;/m0./s1. The Morgan fingerprint density at radius 2 is 1.92 bits per heavy atom. The van der Waals surface area contributed by atoms with Crippen molar-refractivity contribution in [2.45, 2.75) is 31.8 Å². The molecule has 0 spiro atoms. The molecule has 1 N–H and O–H groups in total. The van der Waals surface area contributed by atoms with Crippen LogP contribution < -0.4 is 4.90 Å². The van der Waals surface area contributed by atoms with Crippen LogP contribution in [0.25, 0.3) is 0 Å². The van der Waals surface area contributed by atoms with Crippen LogP contribution in [0.4, 0.5) is 5.69 Å². The molecule has 1 amide bonds. The van der Waals surface area contributed by atoms with Crippen LogP contribution in [0.3, 0.4) is 0 Å². The molecule has 0 saturated carbocycles. The first kappa shape index (κ1) is 19.7. The molecule has 25 heavy (non-hydrogen) atoms. The fourth-order valence-electron chi connectivity index (χ4n) is 3.45. The minimum absolute atomic E-state index is 0. The highest BCUT2D eigenvalue weighted by Crippen LogP contribution is 2.26. The van der Waals surface area contributed by atoms with Gasteiger partial charge in [-0.05, 0) is 37.6 Å². The normalized spacial score (nSPS) is 21.4. The van der Waals surface area contributed by atoms with Gasteiger partial charge in [-0.25, -0.2) is 0 Å². The number of hydrogen-bond donors (Lipinski definition) is 1. The van der Waals surface area contributed by atoms with Gasteiger partial charge in [-0.3, -0.25) is 14.5 Å². The number of anilines is 1. The second kappa shape index (κ2) is 8.65. The Morgan fingerprint density at radius 1 is 1.28 bits per heavy atom. The van der Waals surface area contributed by atoms with Gasteiger partial charge in [0.25, 0.3) is 0 Å². The number of carbonyl (C=O) groups is 2. The maximum atomic E-state index is 12.0. The quantitative estimate of drug-likeness (QED) is 0.862. The van der Waals surface area contributed by atoms with E-state index in [0.717, 1.165) is 38.3 Å².